The van der Waals surface area contributed by atoms with Crippen molar-refractivity contribution < 1.29 is 9.84 Å². The van der Waals surface area contributed by atoms with Gasteiger partial charge in [0.2, 0.25) is 0 Å². The Balaban J connectivity index is 0.00000144. The Hall–Kier alpha value is -1.26. The van der Waals surface area contributed by atoms with Crippen LogP contribution in [0.2, 0.25) is 5.02 Å². The molecule has 2 heterocycles. The highest BCUT2D eigenvalue weighted by molar-refractivity contribution is 6.30. The number of β-amino-alcohol motifs (C(OH)–C–C–N with tert-alkyl or cyclic N) is 1. The maximum absolute atomic E-state index is 11.4. The highest BCUT2D eigenvalue weighted by atomic mass is 35.5. The van der Waals surface area contributed by atoms with Crippen molar-refractivity contribution in [2.75, 3.05) is 20.1 Å². The molecule has 0 bridgehead atoms. The molecular formula is C17H17Cl2NO2. The average molecular weight is 338 g/mol. The van der Waals surface area contributed by atoms with E-state index in [0.29, 0.717) is 17.3 Å². The number of likely N-dealkylation sites (tertiary alicyclic amines) is 1. The summed E-state index contributed by atoms with van der Waals surface area (Å²) in [5.41, 5.74) is 0.926. The van der Waals surface area contributed by atoms with E-state index in [1.165, 1.54) is 0 Å². The first-order chi connectivity index (χ1) is 10.1. The number of fused-ring (bicyclic) bond motifs is 5. The van der Waals surface area contributed by atoms with Crippen molar-refractivity contribution in [1.82, 2.24) is 4.90 Å². The van der Waals surface area contributed by atoms with Gasteiger partial charge in [0.1, 0.15) is 17.1 Å². The Kier molecular flexibility index (Phi) is 3.86. The summed E-state index contributed by atoms with van der Waals surface area (Å²) in [4.78, 5) is 2.16. The zero-order valence-electron chi connectivity index (χ0n) is 12.1. The molecule has 0 unspecified atom stereocenters. The van der Waals surface area contributed by atoms with Crippen LogP contribution in [0.15, 0.2) is 42.5 Å². The maximum Gasteiger partial charge on any atom is 0.135 e. The molecule has 22 heavy (non-hydrogen) atoms. The number of para-hydroxylation sites is 1. The van der Waals surface area contributed by atoms with Gasteiger partial charge in [-0.05, 0) is 25.2 Å². The van der Waals surface area contributed by atoms with Crippen LogP contribution in [0.5, 0.6) is 11.5 Å². The van der Waals surface area contributed by atoms with E-state index in [1.807, 2.05) is 43.4 Å². The van der Waals surface area contributed by atoms with Crippen LogP contribution in [0.1, 0.15) is 17.0 Å². The number of hydrogen-bond donors (Lipinski definition) is 1. The molecule has 2 aliphatic heterocycles. The van der Waals surface area contributed by atoms with Gasteiger partial charge in [0.25, 0.3) is 0 Å². The molecule has 5 heteroatoms. The van der Waals surface area contributed by atoms with E-state index in [0.717, 1.165) is 23.4 Å². The van der Waals surface area contributed by atoms with Crippen molar-refractivity contribution in [1.29, 1.82) is 0 Å². The smallest absolute Gasteiger partial charge is 0.135 e. The van der Waals surface area contributed by atoms with E-state index < -0.39 is 5.60 Å². The molecule has 3 nitrogen and oxygen atoms in total. The molecule has 1 saturated heterocycles. The molecule has 4 rings (SSSR count). The lowest BCUT2D eigenvalue weighted by atomic mass is 9.80. The van der Waals surface area contributed by atoms with E-state index in [9.17, 15) is 5.11 Å². The minimum Gasteiger partial charge on any atom is -0.457 e. The molecule has 0 radical (unpaired) electrons. The molecule has 1 fully saturated rings. The van der Waals surface area contributed by atoms with Gasteiger partial charge in [-0.15, -0.1) is 12.4 Å². The van der Waals surface area contributed by atoms with Crippen LogP contribution < -0.4 is 4.74 Å². The van der Waals surface area contributed by atoms with Crippen LogP contribution in [-0.2, 0) is 5.60 Å². The Bertz CT molecular complexity index is 722. The number of aliphatic hydroxyl groups is 1. The number of likely N-dealkylation sites (N-methyl/N-ethyl adjacent to an activating group) is 1. The largest absolute Gasteiger partial charge is 0.457 e. The van der Waals surface area contributed by atoms with Crippen LogP contribution in [0.4, 0.5) is 0 Å². The van der Waals surface area contributed by atoms with Gasteiger partial charge in [0.15, 0.2) is 0 Å². The Morgan fingerprint density at radius 2 is 2.00 bits per heavy atom. The Morgan fingerprint density at radius 3 is 2.82 bits per heavy atom. The van der Waals surface area contributed by atoms with Crippen LogP contribution in [0.25, 0.3) is 0 Å². The second-order valence-electron chi connectivity index (χ2n) is 5.95. The van der Waals surface area contributed by atoms with Crippen LogP contribution in [0, 0.1) is 0 Å². The normalized spacial score (nSPS) is 26.0. The van der Waals surface area contributed by atoms with Gasteiger partial charge in [0, 0.05) is 35.2 Å². The van der Waals surface area contributed by atoms with Crippen molar-refractivity contribution in [3.05, 3.63) is 58.6 Å². The van der Waals surface area contributed by atoms with Gasteiger partial charge in [0.05, 0.1) is 0 Å². The third-order valence-corrected chi connectivity index (χ3v) is 4.74. The predicted molar refractivity (Wildman–Crippen MR) is 89.4 cm³/mol. The summed E-state index contributed by atoms with van der Waals surface area (Å²) in [6.07, 6.45) is 0. The minimum atomic E-state index is -0.943. The highest BCUT2D eigenvalue weighted by Gasteiger charge is 2.50. The van der Waals surface area contributed by atoms with Crippen molar-refractivity contribution in [3.63, 3.8) is 0 Å². The average Bonchev–Trinajstić information content (AvgIpc) is 2.70. The molecule has 0 spiro atoms. The Labute approximate surface area is 140 Å². The quantitative estimate of drug-likeness (QED) is 0.793. The van der Waals surface area contributed by atoms with Crippen molar-refractivity contribution in [2.24, 2.45) is 0 Å². The van der Waals surface area contributed by atoms with E-state index in [-0.39, 0.29) is 18.3 Å². The van der Waals surface area contributed by atoms with Gasteiger partial charge in [-0.3, -0.25) is 0 Å². The van der Waals surface area contributed by atoms with Gasteiger partial charge < -0.3 is 14.7 Å². The molecule has 116 valence electrons. The van der Waals surface area contributed by atoms with Crippen molar-refractivity contribution >= 4 is 24.0 Å². The monoisotopic (exact) mass is 337 g/mol. The van der Waals surface area contributed by atoms with Crippen molar-refractivity contribution in [3.8, 4) is 11.5 Å². The number of nitrogens with zero attached hydrogens (tertiary/aromatic N) is 1. The molecule has 0 saturated carbocycles. The molecule has 2 aliphatic rings. The first-order valence-electron chi connectivity index (χ1n) is 7.06. The summed E-state index contributed by atoms with van der Waals surface area (Å²) >= 11 is 6.10. The zero-order valence-corrected chi connectivity index (χ0v) is 13.7. The fourth-order valence-corrected chi connectivity index (χ4v) is 3.76. The van der Waals surface area contributed by atoms with E-state index in [4.69, 9.17) is 16.3 Å². The number of ether oxygens (including phenoxy) is 1. The topological polar surface area (TPSA) is 32.7 Å². The molecule has 1 N–H and O–H groups in total. The van der Waals surface area contributed by atoms with Crippen LogP contribution in [0.3, 0.4) is 0 Å². The summed E-state index contributed by atoms with van der Waals surface area (Å²) < 4.78 is 6.06. The molecule has 0 aromatic heterocycles. The van der Waals surface area contributed by atoms with Gasteiger partial charge in [-0.1, -0.05) is 35.9 Å². The molecule has 0 amide bonds. The van der Waals surface area contributed by atoms with E-state index in [1.54, 1.807) is 6.07 Å². The number of halogens is 2. The molecular weight excluding hydrogens is 321 g/mol. The molecule has 0 aliphatic carbocycles. The summed E-state index contributed by atoms with van der Waals surface area (Å²) in [7, 11) is 2.03. The first kappa shape index (κ1) is 15.6. The molecule has 2 aromatic carbocycles. The zero-order chi connectivity index (χ0) is 14.6. The predicted octanol–water partition coefficient (Wildman–Crippen LogP) is 3.78. The van der Waals surface area contributed by atoms with E-state index in [2.05, 4.69) is 4.90 Å². The lowest BCUT2D eigenvalue weighted by molar-refractivity contribution is 0.0337. The van der Waals surface area contributed by atoms with Gasteiger partial charge in [-0.25, -0.2) is 0 Å². The maximum atomic E-state index is 11.4. The fourth-order valence-electron chi connectivity index (χ4n) is 3.60. The number of rotatable bonds is 0. The molecule has 2 aromatic rings. The lowest BCUT2D eigenvalue weighted by Gasteiger charge is -2.28. The van der Waals surface area contributed by atoms with Gasteiger partial charge in [-0.2, -0.15) is 0 Å². The number of benzene rings is 2. The number of hydrogen-bond acceptors (Lipinski definition) is 3. The first-order valence-corrected chi connectivity index (χ1v) is 7.43. The third kappa shape index (κ3) is 2.20. The minimum absolute atomic E-state index is 0. The highest BCUT2D eigenvalue weighted by Crippen LogP contribution is 2.52. The summed E-state index contributed by atoms with van der Waals surface area (Å²) in [5, 5.41) is 12.0. The van der Waals surface area contributed by atoms with Crippen LogP contribution >= 0.6 is 24.0 Å². The summed E-state index contributed by atoms with van der Waals surface area (Å²) in [6.45, 7) is 1.39. The summed E-state index contributed by atoms with van der Waals surface area (Å²) in [6, 6.07) is 13.4. The molecule has 2 atom stereocenters. The second kappa shape index (κ2) is 5.43. The van der Waals surface area contributed by atoms with Crippen molar-refractivity contribution in [2.45, 2.75) is 11.5 Å². The lowest BCUT2D eigenvalue weighted by Crippen LogP contribution is -2.33. The van der Waals surface area contributed by atoms with Gasteiger partial charge >= 0.3 is 0 Å². The Morgan fingerprint density at radius 1 is 1.23 bits per heavy atom. The fraction of sp³-hybridized carbons (Fsp3) is 0.294. The second-order valence-corrected chi connectivity index (χ2v) is 6.39. The standard InChI is InChI=1S/C17H16ClNO2.ClH/c1-19-9-14-12-4-2-3-5-15(12)21-16-8-11(18)6-7-13(16)17(14,20)10-19;/h2-8,14,20H,9-10H2,1H3;1H/t14-,17-;/m0./s1. The SMILES string of the molecule is CN1C[C@H]2c3ccccc3Oc3cc(Cl)ccc3[C@@]2(O)C1.Cl. The van der Waals surface area contributed by atoms with E-state index >= 15 is 0 Å². The summed E-state index contributed by atoms with van der Waals surface area (Å²) in [5.74, 6) is 1.45. The third-order valence-electron chi connectivity index (χ3n) is 4.51. The van der Waals surface area contributed by atoms with Crippen LogP contribution in [-0.4, -0.2) is 30.1 Å².